The van der Waals surface area contributed by atoms with Crippen LogP contribution in [-0.2, 0) is 11.3 Å². The molecule has 0 fully saturated rings. The SMILES string of the molecule is COc1cc2[nH]c(=O)c([C@@H](C)Nc3ncc4c(n3)N(C)C(=O)OC4)cc2cc1Cl. The molecule has 1 aliphatic rings. The summed E-state index contributed by atoms with van der Waals surface area (Å²) in [6.07, 6.45) is 1.12. The van der Waals surface area contributed by atoms with Crippen molar-refractivity contribution in [2.75, 3.05) is 24.4 Å². The predicted octanol–water partition coefficient (Wildman–Crippen LogP) is 3.24. The largest absolute Gasteiger partial charge is 0.495 e. The first-order valence-electron chi connectivity index (χ1n) is 8.80. The molecule has 3 aromatic rings. The van der Waals surface area contributed by atoms with E-state index in [-0.39, 0.29) is 12.2 Å². The third kappa shape index (κ3) is 3.44. The number of rotatable bonds is 4. The van der Waals surface area contributed by atoms with E-state index in [0.29, 0.717) is 39.2 Å². The van der Waals surface area contributed by atoms with E-state index in [1.807, 2.05) is 6.92 Å². The molecule has 1 aromatic carbocycles. The number of halogens is 1. The monoisotopic (exact) mass is 415 g/mol. The average molecular weight is 416 g/mol. The average Bonchev–Trinajstić information content (AvgIpc) is 2.70. The van der Waals surface area contributed by atoms with Gasteiger partial charge in [-0.15, -0.1) is 0 Å². The van der Waals surface area contributed by atoms with Gasteiger partial charge < -0.3 is 19.8 Å². The number of hydrogen-bond donors (Lipinski definition) is 2. The summed E-state index contributed by atoms with van der Waals surface area (Å²) in [5, 5.41) is 4.33. The van der Waals surface area contributed by atoms with E-state index >= 15 is 0 Å². The number of aromatic amines is 1. The van der Waals surface area contributed by atoms with Crippen LogP contribution in [0.1, 0.15) is 24.1 Å². The van der Waals surface area contributed by atoms with E-state index in [1.165, 1.54) is 12.0 Å². The summed E-state index contributed by atoms with van der Waals surface area (Å²) in [5.74, 6) is 1.25. The minimum atomic E-state index is -0.478. The Bertz CT molecular complexity index is 1180. The number of amides is 1. The smallest absolute Gasteiger partial charge is 0.415 e. The van der Waals surface area contributed by atoms with Crippen LogP contribution in [0.5, 0.6) is 5.75 Å². The molecule has 0 spiro atoms. The van der Waals surface area contributed by atoms with Gasteiger partial charge in [-0.05, 0) is 19.1 Å². The number of methoxy groups -OCH3 is 1. The van der Waals surface area contributed by atoms with Crippen molar-refractivity contribution < 1.29 is 14.3 Å². The second kappa shape index (κ2) is 7.25. The molecule has 3 heterocycles. The van der Waals surface area contributed by atoms with Gasteiger partial charge in [0, 0.05) is 30.3 Å². The van der Waals surface area contributed by atoms with Gasteiger partial charge in [0.25, 0.3) is 5.56 Å². The number of carbonyl (C=O) groups excluding carboxylic acids is 1. The molecule has 1 atom stereocenters. The van der Waals surface area contributed by atoms with Crippen LogP contribution in [0, 0.1) is 0 Å². The molecule has 4 rings (SSSR count). The van der Waals surface area contributed by atoms with E-state index in [2.05, 4.69) is 20.3 Å². The molecule has 0 saturated heterocycles. The second-order valence-electron chi connectivity index (χ2n) is 6.65. The highest BCUT2D eigenvalue weighted by molar-refractivity contribution is 6.32. The summed E-state index contributed by atoms with van der Waals surface area (Å²) >= 11 is 6.20. The fourth-order valence-electron chi connectivity index (χ4n) is 3.16. The van der Waals surface area contributed by atoms with Crippen LogP contribution in [0.15, 0.2) is 29.2 Å². The summed E-state index contributed by atoms with van der Waals surface area (Å²) in [5.41, 5.74) is 1.57. The molecule has 1 amide bonds. The second-order valence-corrected chi connectivity index (χ2v) is 7.06. The lowest BCUT2D eigenvalue weighted by molar-refractivity contribution is 0.143. The van der Waals surface area contributed by atoms with Gasteiger partial charge in [-0.1, -0.05) is 11.6 Å². The van der Waals surface area contributed by atoms with Crippen molar-refractivity contribution in [3.8, 4) is 5.75 Å². The van der Waals surface area contributed by atoms with Crippen molar-refractivity contribution in [3.63, 3.8) is 0 Å². The maximum atomic E-state index is 12.6. The summed E-state index contributed by atoms with van der Waals surface area (Å²) in [6, 6.07) is 4.78. The Balaban J connectivity index is 1.66. The first-order valence-corrected chi connectivity index (χ1v) is 9.18. The highest BCUT2D eigenvalue weighted by Crippen LogP contribution is 2.30. The lowest BCUT2D eigenvalue weighted by Crippen LogP contribution is -2.33. The number of nitrogens with zero attached hydrogens (tertiary/aromatic N) is 3. The number of fused-ring (bicyclic) bond motifs is 2. The standard InChI is InChI=1S/C19H18ClN5O4/c1-9(22-18-21-7-11-8-29-19(27)25(2)16(11)24-18)12-4-10-5-13(20)15(28-3)6-14(10)23-17(12)26/h4-7,9H,8H2,1-3H3,(H,23,26)(H,21,22,24)/t9-/m1/s1. The number of nitrogens with one attached hydrogen (secondary N) is 2. The van der Waals surface area contributed by atoms with Gasteiger partial charge in [0.1, 0.15) is 18.2 Å². The molecule has 0 saturated carbocycles. The molecule has 10 heteroatoms. The number of H-pyrrole nitrogens is 1. The molecule has 0 aliphatic carbocycles. The lowest BCUT2D eigenvalue weighted by Gasteiger charge is -2.24. The van der Waals surface area contributed by atoms with E-state index in [9.17, 15) is 9.59 Å². The maximum Gasteiger partial charge on any atom is 0.415 e. The Hall–Kier alpha value is -3.33. The van der Waals surface area contributed by atoms with E-state index in [4.69, 9.17) is 21.1 Å². The number of aromatic nitrogens is 3. The highest BCUT2D eigenvalue weighted by atomic mass is 35.5. The van der Waals surface area contributed by atoms with Crippen molar-refractivity contribution in [2.45, 2.75) is 19.6 Å². The first kappa shape index (κ1) is 19.0. The molecule has 9 nitrogen and oxygen atoms in total. The Kier molecular flexibility index (Phi) is 4.75. The van der Waals surface area contributed by atoms with Crippen molar-refractivity contribution in [3.05, 3.63) is 50.9 Å². The molecule has 0 bridgehead atoms. The van der Waals surface area contributed by atoms with Gasteiger partial charge in [0.05, 0.1) is 29.3 Å². The fraction of sp³-hybridized carbons (Fsp3) is 0.263. The summed E-state index contributed by atoms with van der Waals surface area (Å²) in [6.45, 7) is 1.95. The summed E-state index contributed by atoms with van der Waals surface area (Å²) in [4.78, 5) is 37.1. The summed E-state index contributed by atoms with van der Waals surface area (Å²) < 4.78 is 10.2. The van der Waals surface area contributed by atoms with E-state index < -0.39 is 12.1 Å². The van der Waals surface area contributed by atoms with Crippen molar-refractivity contribution in [1.82, 2.24) is 15.0 Å². The Labute approximate surface area is 170 Å². The molecule has 2 aromatic heterocycles. The minimum absolute atomic E-state index is 0.128. The number of cyclic esters (lactones) is 1. The third-order valence-corrected chi connectivity index (χ3v) is 5.04. The van der Waals surface area contributed by atoms with Gasteiger partial charge in [0.2, 0.25) is 5.95 Å². The van der Waals surface area contributed by atoms with Crippen LogP contribution < -0.4 is 20.5 Å². The Morgan fingerprint density at radius 3 is 2.90 bits per heavy atom. The zero-order valence-electron chi connectivity index (χ0n) is 15.9. The first-order chi connectivity index (χ1) is 13.9. The zero-order chi connectivity index (χ0) is 20.7. The fourth-order valence-corrected chi connectivity index (χ4v) is 3.41. The normalized spacial score (nSPS) is 14.3. The minimum Gasteiger partial charge on any atom is -0.495 e. The summed E-state index contributed by atoms with van der Waals surface area (Å²) in [7, 11) is 3.09. The van der Waals surface area contributed by atoms with Crippen LogP contribution in [0.2, 0.25) is 5.02 Å². The number of benzene rings is 1. The van der Waals surface area contributed by atoms with Gasteiger partial charge in [-0.25, -0.2) is 9.78 Å². The van der Waals surface area contributed by atoms with Crippen LogP contribution >= 0.6 is 11.6 Å². The topological polar surface area (TPSA) is 109 Å². The Morgan fingerprint density at radius 1 is 1.34 bits per heavy atom. The molecule has 1 aliphatic heterocycles. The van der Waals surface area contributed by atoms with E-state index in [1.54, 1.807) is 31.4 Å². The Morgan fingerprint density at radius 2 is 2.14 bits per heavy atom. The van der Waals surface area contributed by atoms with Crippen molar-refractivity contribution >= 4 is 40.4 Å². The number of pyridine rings is 1. The number of hydrogen-bond acceptors (Lipinski definition) is 7. The molecular weight excluding hydrogens is 398 g/mol. The highest BCUT2D eigenvalue weighted by Gasteiger charge is 2.25. The molecular formula is C19H18ClN5O4. The van der Waals surface area contributed by atoms with Gasteiger partial charge in [-0.2, -0.15) is 4.98 Å². The molecule has 2 N–H and O–H groups in total. The predicted molar refractivity (Wildman–Crippen MR) is 109 cm³/mol. The van der Waals surface area contributed by atoms with Crippen LogP contribution in [-0.4, -0.2) is 35.2 Å². The van der Waals surface area contributed by atoms with Crippen LogP contribution in [0.4, 0.5) is 16.6 Å². The molecule has 0 radical (unpaired) electrons. The number of ether oxygens (including phenoxy) is 2. The van der Waals surface area contributed by atoms with Crippen LogP contribution in [0.25, 0.3) is 10.9 Å². The molecule has 150 valence electrons. The zero-order valence-corrected chi connectivity index (χ0v) is 16.7. The van der Waals surface area contributed by atoms with Crippen molar-refractivity contribution in [1.29, 1.82) is 0 Å². The van der Waals surface area contributed by atoms with Gasteiger partial charge in [-0.3, -0.25) is 9.69 Å². The number of anilines is 2. The van der Waals surface area contributed by atoms with Crippen LogP contribution in [0.3, 0.4) is 0 Å². The number of carbonyl (C=O) groups is 1. The third-order valence-electron chi connectivity index (χ3n) is 4.74. The van der Waals surface area contributed by atoms with Crippen molar-refractivity contribution in [2.24, 2.45) is 0 Å². The van der Waals surface area contributed by atoms with E-state index in [0.717, 1.165) is 5.39 Å². The quantitative estimate of drug-likeness (QED) is 0.673. The molecule has 29 heavy (non-hydrogen) atoms. The maximum absolute atomic E-state index is 12.6. The lowest BCUT2D eigenvalue weighted by atomic mass is 10.1. The van der Waals surface area contributed by atoms with Gasteiger partial charge >= 0.3 is 6.09 Å². The van der Waals surface area contributed by atoms with Gasteiger partial charge in [0.15, 0.2) is 0 Å². The molecule has 0 unspecified atom stereocenters.